The van der Waals surface area contributed by atoms with Crippen molar-refractivity contribution in [3.8, 4) is 0 Å². The lowest BCUT2D eigenvalue weighted by Crippen LogP contribution is -2.42. The Balaban J connectivity index is 2.10. The minimum atomic E-state index is -0.137. The largest absolute Gasteiger partial charge is 0.382 e. The van der Waals surface area contributed by atoms with Crippen molar-refractivity contribution in [1.29, 1.82) is 0 Å². The SMILES string of the molecule is CCC(C)NC(=O)c1sc(N2CCCC(N)C2)nc1N. The molecule has 1 fully saturated rings. The molecule has 1 aromatic rings. The van der Waals surface area contributed by atoms with E-state index in [0.717, 1.165) is 37.5 Å². The van der Waals surface area contributed by atoms with Gasteiger partial charge in [0.15, 0.2) is 5.13 Å². The average molecular weight is 297 g/mol. The lowest BCUT2D eigenvalue weighted by atomic mass is 10.1. The minimum Gasteiger partial charge on any atom is -0.382 e. The number of hydrogen-bond acceptors (Lipinski definition) is 6. The summed E-state index contributed by atoms with van der Waals surface area (Å²) < 4.78 is 0. The molecular weight excluding hydrogens is 274 g/mol. The number of anilines is 2. The molecule has 2 atom stereocenters. The van der Waals surface area contributed by atoms with E-state index in [1.807, 2.05) is 13.8 Å². The molecule has 2 heterocycles. The van der Waals surface area contributed by atoms with Gasteiger partial charge < -0.3 is 21.7 Å². The van der Waals surface area contributed by atoms with Crippen LogP contribution in [0, 0.1) is 0 Å². The predicted octanol–water partition coefficient (Wildman–Crippen LogP) is 1.18. The number of rotatable bonds is 4. The molecule has 0 aliphatic carbocycles. The van der Waals surface area contributed by atoms with Crippen molar-refractivity contribution < 1.29 is 4.79 Å². The number of carbonyl (C=O) groups is 1. The Hall–Kier alpha value is -1.34. The third-order valence-corrected chi connectivity index (χ3v) is 4.70. The third kappa shape index (κ3) is 3.40. The summed E-state index contributed by atoms with van der Waals surface area (Å²) in [6.45, 7) is 5.70. The Kier molecular flexibility index (Phi) is 4.82. The van der Waals surface area contributed by atoms with Crippen molar-refractivity contribution >= 4 is 28.2 Å². The van der Waals surface area contributed by atoms with Crippen LogP contribution in [0.2, 0.25) is 0 Å². The molecule has 5 N–H and O–H groups in total. The predicted molar refractivity (Wildman–Crippen MR) is 83.2 cm³/mol. The standard InChI is InChI=1S/C13H23N5OS/c1-3-8(2)16-12(19)10-11(15)17-13(20-10)18-6-4-5-9(14)7-18/h8-9H,3-7,14-15H2,1-2H3,(H,16,19). The number of carbonyl (C=O) groups excluding carboxylic acids is 1. The lowest BCUT2D eigenvalue weighted by Gasteiger charge is -2.30. The number of thiazole rings is 1. The second-order valence-electron chi connectivity index (χ2n) is 5.34. The maximum absolute atomic E-state index is 12.1. The van der Waals surface area contributed by atoms with Crippen LogP contribution in [0.3, 0.4) is 0 Å². The van der Waals surface area contributed by atoms with E-state index in [1.54, 1.807) is 0 Å². The number of nitrogens with two attached hydrogens (primary N) is 2. The Labute approximate surface area is 123 Å². The summed E-state index contributed by atoms with van der Waals surface area (Å²) in [5, 5.41) is 3.72. The summed E-state index contributed by atoms with van der Waals surface area (Å²) in [5.41, 5.74) is 11.9. The number of nitrogen functional groups attached to an aromatic ring is 1. The second kappa shape index (κ2) is 6.41. The normalized spacial score (nSPS) is 20.8. The molecule has 1 aliphatic heterocycles. The first kappa shape index (κ1) is 15.1. The maximum Gasteiger partial charge on any atom is 0.265 e. The lowest BCUT2D eigenvalue weighted by molar-refractivity contribution is 0.0944. The van der Waals surface area contributed by atoms with Gasteiger partial charge in [-0.25, -0.2) is 4.98 Å². The first-order chi connectivity index (χ1) is 9.51. The fourth-order valence-electron chi connectivity index (χ4n) is 2.19. The Morgan fingerprint density at radius 3 is 3.05 bits per heavy atom. The van der Waals surface area contributed by atoms with E-state index in [9.17, 15) is 4.79 Å². The quantitative estimate of drug-likeness (QED) is 0.775. The van der Waals surface area contributed by atoms with Crippen LogP contribution in [-0.2, 0) is 0 Å². The molecular formula is C13H23N5OS. The van der Waals surface area contributed by atoms with Crippen LogP contribution in [0.1, 0.15) is 42.8 Å². The van der Waals surface area contributed by atoms with Crippen LogP contribution in [0.15, 0.2) is 0 Å². The van der Waals surface area contributed by atoms with E-state index in [1.165, 1.54) is 11.3 Å². The number of nitrogens with one attached hydrogen (secondary N) is 1. The van der Waals surface area contributed by atoms with Gasteiger partial charge in [-0.05, 0) is 26.2 Å². The number of hydrogen-bond donors (Lipinski definition) is 3. The summed E-state index contributed by atoms with van der Waals surface area (Å²) in [4.78, 5) is 19.1. The maximum atomic E-state index is 12.1. The highest BCUT2D eigenvalue weighted by molar-refractivity contribution is 7.18. The van der Waals surface area contributed by atoms with Gasteiger partial charge in [0.25, 0.3) is 5.91 Å². The summed E-state index contributed by atoms with van der Waals surface area (Å²) in [6, 6.07) is 0.308. The van der Waals surface area contributed by atoms with Gasteiger partial charge in [0.2, 0.25) is 0 Å². The smallest absolute Gasteiger partial charge is 0.265 e. The van der Waals surface area contributed by atoms with Gasteiger partial charge in [-0.3, -0.25) is 4.79 Å². The van der Waals surface area contributed by atoms with Gasteiger partial charge in [-0.15, -0.1) is 0 Å². The van der Waals surface area contributed by atoms with Gasteiger partial charge in [0.05, 0.1) is 0 Å². The number of nitrogens with zero attached hydrogens (tertiary/aromatic N) is 2. The van der Waals surface area contributed by atoms with Crippen LogP contribution in [0.5, 0.6) is 0 Å². The topological polar surface area (TPSA) is 97.3 Å². The number of amides is 1. The van der Waals surface area contributed by atoms with E-state index >= 15 is 0 Å². The van der Waals surface area contributed by atoms with Gasteiger partial charge in [0.1, 0.15) is 10.7 Å². The molecule has 20 heavy (non-hydrogen) atoms. The zero-order chi connectivity index (χ0) is 14.7. The first-order valence-corrected chi connectivity index (χ1v) is 7.90. The molecule has 0 aromatic carbocycles. The number of piperidine rings is 1. The monoisotopic (exact) mass is 297 g/mol. The molecule has 0 bridgehead atoms. The molecule has 0 saturated carbocycles. The van der Waals surface area contributed by atoms with Crippen LogP contribution < -0.4 is 21.7 Å². The molecule has 2 rings (SSSR count). The van der Waals surface area contributed by atoms with Crippen molar-refractivity contribution in [3.63, 3.8) is 0 Å². The Morgan fingerprint density at radius 1 is 1.65 bits per heavy atom. The fourth-order valence-corrected chi connectivity index (χ4v) is 3.12. The molecule has 1 aromatic heterocycles. The van der Waals surface area contributed by atoms with E-state index in [2.05, 4.69) is 15.2 Å². The zero-order valence-corrected chi connectivity index (χ0v) is 12.9. The highest BCUT2D eigenvalue weighted by atomic mass is 32.1. The minimum absolute atomic E-state index is 0.135. The molecule has 112 valence electrons. The van der Waals surface area contributed by atoms with Gasteiger partial charge in [-0.1, -0.05) is 18.3 Å². The van der Waals surface area contributed by atoms with Crippen LogP contribution >= 0.6 is 11.3 Å². The van der Waals surface area contributed by atoms with Crippen LogP contribution in [0.25, 0.3) is 0 Å². The highest BCUT2D eigenvalue weighted by Crippen LogP contribution is 2.29. The molecule has 0 spiro atoms. The fraction of sp³-hybridized carbons (Fsp3) is 0.692. The Morgan fingerprint density at radius 2 is 2.40 bits per heavy atom. The second-order valence-corrected chi connectivity index (χ2v) is 6.32. The van der Waals surface area contributed by atoms with Crippen LogP contribution in [-0.4, -0.2) is 36.1 Å². The van der Waals surface area contributed by atoms with Crippen molar-refractivity contribution in [2.45, 2.75) is 45.2 Å². The molecule has 1 saturated heterocycles. The van der Waals surface area contributed by atoms with E-state index in [-0.39, 0.29) is 18.0 Å². The highest BCUT2D eigenvalue weighted by Gasteiger charge is 2.23. The molecule has 1 aliphatic rings. The van der Waals surface area contributed by atoms with Crippen molar-refractivity contribution in [2.75, 3.05) is 23.7 Å². The average Bonchev–Trinajstić information content (AvgIpc) is 2.80. The number of aromatic nitrogens is 1. The van der Waals surface area contributed by atoms with Gasteiger partial charge in [0, 0.05) is 25.2 Å². The third-order valence-electron chi connectivity index (χ3n) is 3.57. The first-order valence-electron chi connectivity index (χ1n) is 7.09. The van der Waals surface area contributed by atoms with Gasteiger partial charge in [-0.2, -0.15) is 0 Å². The molecule has 0 radical (unpaired) electrons. The summed E-state index contributed by atoms with van der Waals surface area (Å²) in [6.07, 6.45) is 2.98. The molecule has 7 heteroatoms. The molecule has 6 nitrogen and oxygen atoms in total. The Bertz CT molecular complexity index is 475. The van der Waals surface area contributed by atoms with E-state index < -0.39 is 0 Å². The summed E-state index contributed by atoms with van der Waals surface area (Å²) in [7, 11) is 0. The van der Waals surface area contributed by atoms with Crippen molar-refractivity contribution in [2.24, 2.45) is 5.73 Å². The van der Waals surface area contributed by atoms with Crippen molar-refractivity contribution in [1.82, 2.24) is 10.3 Å². The summed E-state index contributed by atoms with van der Waals surface area (Å²) in [5.74, 6) is 0.173. The van der Waals surface area contributed by atoms with Crippen molar-refractivity contribution in [3.05, 3.63) is 4.88 Å². The molecule has 1 amide bonds. The van der Waals surface area contributed by atoms with Crippen LogP contribution in [0.4, 0.5) is 10.9 Å². The zero-order valence-electron chi connectivity index (χ0n) is 12.1. The van der Waals surface area contributed by atoms with E-state index in [0.29, 0.717) is 10.7 Å². The van der Waals surface area contributed by atoms with Gasteiger partial charge >= 0.3 is 0 Å². The summed E-state index contributed by atoms with van der Waals surface area (Å²) >= 11 is 1.35. The molecule has 2 unspecified atom stereocenters. The van der Waals surface area contributed by atoms with E-state index in [4.69, 9.17) is 11.5 Å².